The van der Waals surface area contributed by atoms with Gasteiger partial charge >= 0.3 is 0 Å². The number of nitrogens with one attached hydrogen (secondary N) is 1. The fourth-order valence-electron chi connectivity index (χ4n) is 2.81. The van der Waals surface area contributed by atoms with Gasteiger partial charge in [0.15, 0.2) is 5.82 Å². The fraction of sp³-hybridized carbons (Fsp3) is 0.389. The minimum absolute atomic E-state index is 0.317. The maximum atomic E-state index is 5.86. The predicted molar refractivity (Wildman–Crippen MR) is 98.0 cm³/mol. The number of aryl methyl sites for hydroxylation is 2. The van der Waals surface area contributed by atoms with Gasteiger partial charge in [-0.25, -0.2) is 5.10 Å². The second-order valence-corrected chi connectivity index (χ2v) is 6.56. The summed E-state index contributed by atoms with van der Waals surface area (Å²) in [6, 6.07) is 6.14. The van der Waals surface area contributed by atoms with Crippen LogP contribution >= 0.6 is 12.2 Å². The Labute approximate surface area is 147 Å². The molecule has 2 aromatic rings. The number of allylic oxidation sites excluding steroid dienone is 2. The zero-order valence-corrected chi connectivity index (χ0v) is 14.8. The number of aromatic amines is 1. The Morgan fingerprint density at radius 1 is 1.33 bits per heavy atom. The van der Waals surface area contributed by atoms with Gasteiger partial charge in [0, 0.05) is 6.21 Å². The molecule has 0 radical (unpaired) electrons. The molecule has 0 saturated carbocycles. The Hall–Kier alpha value is -2.21. The Morgan fingerprint density at radius 3 is 2.83 bits per heavy atom. The van der Waals surface area contributed by atoms with Crippen molar-refractivity contribution in [3.05, 3.63) is 52.1 Å². The summed E-state index contributed by atoms with van der Waals surface area (Å²) < 4.78 is 8.00. The first-order valence-electron chi connectivity index (χ1n) is 8.18. The van der Waals surface area contributed by atoms with Crippen molar-refractivity contribution in [1.82, 2.24) is 14.9 Å². The van der Waals surface area contributed by atoms with E-state index in [1.807, 2.05) is 18.3 Å². The third-order valence-corrected chi connectivity index (χ3v) is 4.25. The lowest BCUT2D eigenvalue weighted by Crippen LogP contribution is -2.08. The van der Waals surface area contributed by atoms with E-state index >= 15 is 0 Å². The van der Waals surface area contributed by atoms with Crippen molar-refractivity contribution in [2.45, 2.75) is 39.7 Å². The van der Waals surface area contributed by atoms with E-state index in [0.29, 0.717) is 23.1 Å². The number of aromatic nitrogens is 3. The molecule has 0 aliphatic heterocycles. The number of nitrogens with zero attached hydrogens (tertiary/aromatic N) is 3. The molecule has 0 amide bonds. The lowest BCUT2D eigenvalue weighted by molar-refractivity contribution is 0.290. The van der Waals surface area contributed by atoms with Crippen LogP contribution < -0.4 is 4.74 Å². The minimum atomic E-state index is 0.317. The van der Waals surface area contributed by atoms with Crippen LogP contribution in [0.25, 0.3) is 0 Å². The average Bonchev–Trinajstić information content (AvgIpc) is 2.91. The molecule has 0 bridgehead atoms. The van der Waals surface area contributed by atoms with Gasteiger partial charge in [0.25, 0.3) is 0 Å². The van der Waals surface area contributed by atoms with Gasteiger partial charge in [-0.15, -0.1) is 0 Å². The molecule has 126 valence electrons. The molecule has 0 fully saturated rings. The van der Waals surface area contributed by atoms with Crippen LogP contribution in [-0.2, 0) is 6.61 Å². The second kappa shape index (κ2) is 7.57. The number of hydrogen-bond acceptors (Lipinski definition) is 4. The Bertz CT molecular complexity index is 798. The third kappa shape index (κ3) is 4.20. The van der Waals surface area contributed by atoms with Crippen LogP contribution in [0.1, 0.15) is 36.2 Å². The molecule has 1 aromatic heterocycles. The maximum Gasteiger partial charge on any atom is 0.216 e. The summed E-state index contributed by atoms with van der Waals surface area (Å²) in [6.07, 6.45) is 9.66. The largest absolute Gasteiger partial charge is 0.486 e. The molecule has 1 N–H and O–H groups in total. The van der Waals surface area contributed by atoms with E-state index in [1.165, 1.54) is 11.1 Å². The summed E-state index contributed by atoms with van der Waals surface area (Å²) in [5.74, 6) is 1.95. The number of H-pyrrole nitrogens is 1. The summed E-state index contributed by atoms with van der Waals surface area (Å²) in [6.45, 7) is 4.43. The number of benzene rings is 1. The van der Waals surface area contributed by atoms with E-state index in [1.54, 1.807) is 4.68 Å². The Balaban J connectivity index is 1.71. The highest BCUT2D eigenvalue weighted by Crippen LogP contribution is 2.18. The molecule has 0 saturated heterocycles. The predicted octanol–water partition coefficient (Wildman–Crippen LogP) is 4.33. The van der Waals surface area contributed by atoms with Crippen LogP contribution in [0.15, 0.2) is 35.5 Å². The highest BCUT2D eigenvalue weighted by molar-refractivity contribution is 7.71. The van der Waals surface area contributed by atoms with Crippen molar-refractivity contribution >= 4 is 18.4 Å². The summed E-state index contributed by atoms with van der Waals surface area (Å²) in [7, 11) is 0. The summed E-state index contributed by atoms with van der Waals surface area (Å²) in [4.78, 5) is 0. The summed E-state index contributed by atoms with van der Waals surface area (Å²) in [5, 5.41) is 11.5. The van der Waals surface area contributed by atoms with E-state index in [0.717, 1.165) is 25.0 Å². The van der Waals surface area contributed by atoms with Gasteiger partial charge in [0.05, 0.1) is 0 Å². The molecule has 3 rings (SSSR count). The van der Waals surface area contributed by atoms with Crippen molar-refractivity contribution in [2.24, 2.45) is 11.0 Å². The van der Waals surface area contributed by atoms with Crippen molar-refractivity contribution in [1.29, 1.82) is 0 Å². The van der Waals surface area contributed by atoms with Crippen LogP contribution in [0, 0.1) is 24.5 Å². The molecular formula is C18H22N4OS. The first-order chi connectivity index (χ1) is 11.6. The van der Waals surface area contributed by atoms with E-state index in [4.69, 9.17) is 17.0 Å². The molecule has 1 aliphatic rings. The highest BCUT2D eigenvalue weighted by atomic mass is 32.1. The van der Waals surface area contributed by atoms with Gasteiger partial charge in [0.1, 0.15) is 12.4 Å². The van der Waals surface area contributed by atoms with Gasteiger partial charge in [-0.2, -0.15) is 14.9 Å². The quantitative estimate of drug-likeness (QED) is 0.500. The number of hydrogen-bond donors (Lipinski definition) is 1. The number of ether oxygens (including phenoxy) is 1. The van der Waals surface area contributed by atoms with Gasteiger partial charge < -0.3 is 4.74 Å². The van der Waals surface area contributed by atoms with Crippen molar-refractivity contribution in [2.75, 3.05) is 0 Å². The van der Waals surface area contributed by atoms with Crippen molar-refractivity contribution in [3.8, 4) is 5.75 Å². The van der Waals surface area contributed by atoms with E-state index in [-0.39, 0.29) is 0 Å². The Kier molecular flexibility index (Phi) is 5.25. The molecule has 1 heterocycles. The van der Waals surface area contributed by atoms with Crippen LogP contribution in [0.3, 0.4) is 0 Å². The van der Waals surface area contributed by atoms with Gasteiger partial charge in [-0.3, -0.25) is 0 Å². The lowest BCUT2D eigenvalue weighted by atomic mass is 9.96. The van der Waals surface area contributed by atoms with Crippen LogP contribution in [0.5, 0.6) is 5.75 Å². The molecule has 0 unspecified atom stereocenters. The molecule has 0 spiro atoms. The monoisotopic (exact) mass is 342 g/mol. The van der Waals surface area contributed by atoms with Crippen molar-refractivity contribution in [3.63, 3.8) is 0 Å². The van der Waals surface area contributed by atoms with Crippen LogP contribution in [0.2, 0.25) is 0 Å². The Morgan fingerprint density at radius 2 is 2.12 bits per heavy atom. The van der Waals surface area contributed by atoms with Gasteiger partial charge in [-0.1, -0.05) is 18.2 Å². The summed E-state index contributed by atoms with van der Waals surface area (Å²) >= 11 is 5.27. The lowest BCUT2D eigenvalue weighted by Gasteiger charge is -2.12. The number of rotatable bonds is 5. The first-order valence-corrected chi connectivity index (χ1v) is 8.59. The molecular weight excluding hydrogens is 320 g/mol. The molecule has 1 atom stereocenters. The molecule has 6 heteroatoms. The molecule has 5 nitrogen and oxygen atoms in total. The first kappa shape index (κ1) is 16.6. The zero-order valence-electron chi connectivity index (χ0n) is 14.0. The maximum absolute atomic E-state index is 5.86. The van der Waals surface area contributed by atoms with Crippen molar-refractivity contribution < 1.29 is 4.74 Å². The highest BCUT2D eigenvalue weighted by Gasteiger charge is 2.09. The minimum Gasteiger partial charge on any atom is -0.486 e. The smallest absolute Gasteiger partial charge is 0.216 e. The second-order valence-electron chi connectivity index (χ2n) is 6.18. The van der Waals surface area contributed by atoms with Crippen LogP contribution in [0.4, 0.5) is 0 Å². The normalized spacial score (nSPS) is 17.5. The van der Waals surface area contributed by atoms with Gasteiger partial charge in [0.2, 0.25) is 4.77 Å². The van der Waals surface area contributed by atoms with E-state index in [2.05, 4.69) is 47.4 Å². The van der Waals surface area contributed by atoms with E-state index < -0.39 is 0 Å². The molecule has 24 heavy (non-hydrogen) atoms. The standard InChI is InChI=1S/C18H22N4OS/c1-13-8-14(2)10-16(9-13)23-12-17-20-21-18(24)22(17)19-11-15-6-4-3-5-7-15/h3-4,8-11,15H,5-7,12H2,1-2H3,(H,21,24)/b19-11-/t15-/m0/s1. The zero-order chi connectivity index (χ0) is 16.9. The molecule has 1 aromatic carbocycles. The molecule has 1 aliphatic carbocycles. The van der Waals surface area contributed by atoms with Crippen LogP contribution in [-0.4, -0.2) is 21.1 Å². The average molecular weight is 342 g/mol. The van der Waals surface area contributed by atoms with Gasteiger partial charge in [-0.05, 0) is 74.5 Å². The van der Waals surface area contributed by atoms with E-state index in [9.17, 15) is 0 Å². The summed E-state index contributed by atoms with van der Waals surface area (Å²) in [5.41, 5.74) is 2.35. The fourth-order valence-corrected chi connectivity index (χ4v) is 3.01. The topological polar surface area (TPSA) is 55.2 Å². The third-order valence-electron chi connectivity index (χ3n) is 3.98. The SMILES string of the molecule is Cc1cc(C)cc(OCc2n[nH]c(=S)n2/N=C\[C@H]2CC=CCC2)c1.